The molecule has 0 radical (unpaired) electrons. The number of carbonyl (C=O) groups is 1. The average Bonchev–Trinajstić information content (AvgIpc) is 2.42. The molecule has 16 heavy (non-hydrogen) atoms. The van der Waals surface area contributed by atoms with E-state index in [1.54, 1.807) is 0 Å². The second kappa shape index (κ2) is 5.12. The van der Waals surface area contributed by atoms with Gasteiger partial charge in [0.15, 0.2) is 0 Å². The number of hydrogen-bond donors (Lipinski definition) is 2. The zero-order chi connectivity index (χ0) is 12.3. The molecular weight excluding hydrogens is 208 g/mol. The van der Waals surface area contributed by atoms with Gasteiger partial charge in [0, 0.05) is 12.6 Å². The van der Waals surface area contributed by atoms with E-state index >= 15 is 0 Å². The van der Waals surface area contributed by atoms with Gasteiger partial charge in [-0.1, -0.05) is 0 Å². The molecule has 1 heterocycles. The lowest BCUT2D eigenvalue weighted by Crippen LogP contribution is -2.39. The molecule has 0 aromatic rings. The van der Waals surface area contributed by atoms with Crippen LogP contribution in [0.25, 0.3) is 0 Å². The Morgan fingerprint density at radius 1 is 1.56 bits per heavy atom. The molecule has 1 amide bonds. The van der Waals surface area contributed by atoms with Gasteiger partial charge >= 0.3 is 0 Å². The first-order valence-electron chi connectivity index (χ1n) is 5.63. The number of aliphatic hydroxyl groups is 1. The van der Waals surface area contributed by atoms with Crippen LogP contribution in [-0.4, -0.2) is 53.4 Å². The van der Waals surface area contributed by atoms with Gasteiger partial charge in [0.1, 0.15) is 0 Å². The molecule has 0 saturated carbocycles. The lowest BCUT2D eigenvalue weighted by atomic mass is 10.1. The van der Waals surface area contributed by atoms with Gasteiger partial charge in [0.25, 0.3) is 0 Å². The van der Waals surface area contributed by atoms with Crippen LogP contribution in [0.1, 0.15) is 27.2 Å². The van der Waals surface area contributed by atoms with Gasteiger partial charge in [0.2, 0.25) is 5.91 Å². The molecule has 94 valence electrons. The van der Waals surface area contributed by atoms with E-state index < -0.39 is 0 Å². The second-order valence-electron chi connectivity index (χ2n) is 5.32. The molecule has 1 saturated heterocycles. The number of likely N-dealkylation sites (tertiary alicyclic amines) is 1. The third-order valence-electron chi connectivity index (χ3n) is 2.58. The van der Waals surface area contributed by atoms with Gasteiger partial charge in [-0.25, -0.2) is 0 Å². The molecule has 0 aromatic heterocycles. The fourth-order valence-corrected chi connectivity index (χ4v) is 2.11. The summed E-state index contributed by atoms with van der Waals surface area (Å²) in [4.78, 5) is 12.8. The van der Waals surface area contributed by atoms with Crippen LogP contribution in [0.4, 0.5) is 0 Å². The summed E-state index contributed by atoms with van der Waals surface area (Å²) in [5.41, 5.74) is 4.96. The standard InChI is InChI=1S/C11H22N2O3/c1-11(2,3)16-9-4-8(7-14)13(5-9)6-10(12)15/h8-9,14H,4-7H2,1-3H3,(H2,12,15)/t8-,9+/m0/s1. The van der Waals surface area contributed by atoms with Crippen molar-refractivity contribution in [1.82, 2.24) is 4.90 Å². The Hall–Kier alpha value is -0.650. The van der Waals surface area contributed by atoms with Crippen LogP contribution in [0.2, 0.25) is 0 Å². The summed E-state index contributed by atoms with van der Waals surface area (Å²) in [6, 6.07) is -0.0140. The smallest absolute Gasteiger partial charge is 0.231 e. The third kappa shape index (κ3) is 4.08. The molecule has 2 atom stereocenters. The number of rotatable bonds is 4. The van der Waals surface area contributed by atoms with Gasteiger partial charge in [0.05, 0.1) is 24.9 Å². The molecule has 0 aromatic carbocycles. The van der Waals surface area contributed by atoms with Crippen molar-refractivity contribution >= 4 is 5.91 Å². The Labute approximate surface area is 96.6 Å². The summed E-state index contributed by atoms with van der Waals surface area (Å²) in [5, 5.41) is 9.22. The molecule has 0 spiro atoms. The van der Waals surface area contributed by atoms with Gasteiger partial charge in [-0.05, 0) is 27.2 Å². The van der Waals surface area contributed by atoms with Crippen LogP contribution >= 0.6 is 0 Å². The molecule has 1 aliphatic rings. The fourth-order valence-electron chi connectivity index (χ4n) is 2.11. The number of amides is 1. The average molecular weight is 230 g/mol. The minimum Gasteiger partial charge on any atom is -0.395 e. The molecular formula is C11H22N2O3. The van der Waals surface area contributed by atoms with Crippen molar-refractivity contribution in [2.24, 2.45) is 5.73 Å². The molecule has 1 rings (SSSR count). The van der Waals surface area contributed by atoms with Crippen molar-refractivity contribution in [1.29, 1.82) is 0 Å². The van der Waals surface area contributed by atoms with Crippen LogP contribution < -0.4 is 5.73 Å². The number of nitrogens with zero attached hydrogens (tertiary/aromatic N) is 1. The maximum atomic E-state index is 10.9. The van der Waals surface area contributed by atoms with Crippen LogP contribution in [0.5, 0.6) is 0 Å². The molecule has 1 aliphatic heterocycles. The van der Waals surface area contributed by atoms with E-state index in [0.717, 1.165) is 6.42 Å². The first kappa shape index (κ1) is 13.4. The number of carbonyl (C=O) groups excluding carboxylic acids is 1. The third-order valence-corrected chi connectivity index (χ3v) is 2.58. The van der Waals surface area contributed by atoms with Crippen LogP contribution in [0.15, 0.2) is 0 Å². The van der Waals surface area contributed by atoms with Crippen molar-refractivity contribution in [2.45, 2.75) is 44.9 Å². The number of hydrogen-bond acceptors (Lipinski definition) is 4. The van der Waals surface area contributed by atoms with Crippen molar-refractivity contribution in [2.75, 3.05) is 19.7 Å². The maximum Gasteiger partial charge on any atom is 0.231 e. The normalized spacial score (nSPS) is 27.2. The Kier molecular flexibility index (Phi) is 4.29. The summed E-state index contributed by atoms with van der Waals surface area (Å²) >= 11 is 0. The Morgan fingerprint density at radius 2 is 2.19 bits per heavy atom. The summed E-state index contributed by atoms with van der Waals surface area (Å²) in [6.45, 7) is 6.88. The monoisotopic (exact) mass is 230 g/mol. The highest BCUT2D eigenvalue weighted by molar-refractivity contribution is 5.76. The first-order valence-corrected chi connectivity index (χ1v) is 5.63. The Morgan fingerprint density at radius 3 is 2.62 bits per heavy atom. The molecule has 0 aliphatic carbocycles. The molecule has 5 nitrogen and oxygen atoms in total. The first-order chi connectivity index (χ1) is 7.31. The molecule has 1 fully saturated rings. The van der Waals surface area contributed by atoms with Crippen LogP contribution in [-0.2, 0) is 9.53 Å². The van der Waals surface area contributed by atoms with E-state index in [-0.39, 0.29) is 36.8 Å². The Balaban J connectivity index is 2.52. The highest BCUT2D eigenvalue weighted by Crippen LogP contribution is 2.23. The minimum absolute atomic E-state index is 0.0140. The maximum absolute atomic E-state index is 10.9. The van der Waals surface area contributed by atoms with Gasteiger partial charge < -0.3 is 15.6 Å². The Bertz CT molecular complexity index is 250. The molecule has 0 bridgehead atoms. The van der Waals surface area contributed by atoms with Crippen LogP contribution in [0.3, 0.4) is 0 Å². The summed E-state index contributed by atoms with van der Waals surface area (Å²) in [6.07, 6.45) is 0.817. The summed E-state index contributed by atoms with van der Waals surface area (Å²) in [7, 11) is 0. The SMILES string of the molecule is CC(C)(C)O[C@@H]1C[C@@H](CO)N(CC(N)=O)C1. The summed E-state index contributed by atoms with van der Waals surface area (Å²) < 4.78 is 5.84. The van der Waals surface area contributed by atoms with Crippen LogP contribution in [0, 0.1) is 0 Å². The molecule has 0 unspecified atom stereocenters. The second-order valence-corrected chi connectivity index (χ2v) is 5.32. The van der Waals surface area contributed by atoms with Gasteiger partial charge in [-0.2, -0.15) is 0 Å². The highest BCUT2D eigenvalue weighted by atomic mass is 16.5. The van der Waals surface area contributed by atoms with Gasteiger partial charge in [-0.3, -0.25) is 9.69 Å². The summed E-state index contributed by atoms with van der Waals surface area (Å²) in [5.74, 6) is -0.366. The van der Waals surface area contributed by atoms with E-state index in [4.69, 9.17) is 10.5 Å². The lowest BCUT2D eigenvalue weighted by Gasteiger charge is -2.24. The highest BCUT2D eigenvalue weighted by Gasteiger charge is 2.34. The quantitative estimate of drug-likeness (QED) is 0.696. The number of aliphatic hydroxyl groups excluding tert-OH is 1. The fraction of sp³-hybridized carbons (Fsp3) is 0.909. The zero-order valence-electron chi connectivity index (χ0n) is 10.3. The van der Waals surface area contributed by atoms with E-state index in [1.807, 2.05) is 25.7 Å². The number of primary amides is 1. The molecule has 5 heteroatoms. The van der Waals surface area contributed by atoms with Crippen molar-refractivity contribution in [3.05, 3.63) is 0 Å². The predicted molar refractivity (Wildman–Crippen MR) is 60.9 cm³/mol. The van der Waals surface area contributed by atoms with Crippen molar-refractivity contribution in [3.8, 4) is 0 Å². The van der Waals surface area contributed by atoms with E-state index in [2.05, 4.69) is 0 Å². The number of nitrogens with two attached hydrogens (primary N) is 1. The van der Waals surface area contributed by atoms with E-state index in [9.17, 15) is 9.90 Å². The minimum atomic E-state index is -0.366. The predicted octanol–water partition coefficient (Wildman–Crippen LogP) is -0.278. The topological polar surface area (TPSA) is 75.8 Å². The largest absolute Gasteiger partial charge is 0.395 e. The number of ether oxygens (including phenoxy) is 1. The zero-order valence-corrected chi connectivity index (χ0v) is 10.3. The van der Waals surface area contributed by atoms with E-state index in [0.29, 0.717) is 6.54 Å². The van der Waals surface area contributed by atoms with Gasteiger partial charge in [-0.15, -0.1) is 0 Å². The van der Waals surface area contributed by atoms with Crippen molar-refractivity contribution in [3.63, 3.8) is 0 Å². The molecule has 3 N–H and O–H groups in total. The van der Waals surface area contributed by atoms with E-state index in [1.165, 1.54) is 0 Å². The lowest BCUT2D eigenvalue weighted by molar-refractivity contribution is -0.119. The van der Waals surface area contributed by atoms with Crippen molar-refractivity contribution < 1.29 is 14.6 Å².